The number of hydrogen-bond acceptors (Lipinski definition) is 6. The SMILES string of the molecule is Cc1cc(O)c(C2=C[C@H](c3cc(Br)ccc3O)Sc3ccccc3N2)c(=O)o1. The Morgan fingerprint density at radius 2 is 1.89 bits per heavy atom. The van der Waals surface area contributed by atoms with E-state index in [2.05, 4.69) is 21.2 Å². The number of thioether (sulfide) groups is 1. The third-order valence-electron chi connectivity index (χ3n) is 4.35. The molecule has 3 aromatic rings. The fourth-order valence-electron chi connectivity index (χ4n) is 3.08. The van der Waals surface area contributed by atoms with Crippen molar-refractivity contribution in [3.05, 3.63) is 86.4 Å². The van der Waals surface area contributed by atoms with E-state index in [0.29, 0.717) is 17.0 Å². The monoisotopic (exact) mass is 457 g/mol. The first-order valence-electron chi connectivity index (χ1n) is 8.49. The minimum Gasteiger partial charge on any atom is -0.508 e. The van der Waals surface area contributed by atoms with Crippen molar-refractivity contribution in [1.82, 2.24) is 0 Å². The predicted octanol–water partition coefficient (Wildman–Crippen LogP) is 5.42. The van der Waals surface area contributed by atoms with E-state index in [1.807, 2.05) is 36.4 Å². The first-order chi connectivity index (χ1) is 13.4. The minimum atomic E-state index is -0.627. The first kappa shape index (κ1) is 18.7. The van der Waals surface area contributed by atoms with Gasteiger partial charge in [0.05, 0.1) is 16.6 Å². The Balaban J connectivity index is 1.93. The summed E-state index contributed by atoms with van der Waals surface area (Å²) in [4.78, 5) is 13.4. The summed E-state index contributed by atoms with van der Waals surface area (Å²) >= 11 is 4.98. The standard InChI is InChI=1S/C21H16BrNO4S/c1-11-8-17(25)20(21(26)27-11)15-10-19(13-9-12(22)6-7-16(13)24)28-18-5-3-2-4-14(18)23-15/h2-10,19,23-25H,1H3/t19-/m1/s1. The van der Waals surface area contributed by atoms with E-state index in [-0.39, 0.29) is 22.3 Å². The molecule has 0 spiro atoms. The molecule has 5 nitrogen and oxygen atoms in total. The molecular weight excluding hydrogens is 442 g/mol. The van der Waals surface area contributed by atoms with Crippen molar-refractivity contribution in [3.63, 3.8) is 0 Å². The molecule has 0 aliphatic carbocycles. The summed E-state index contributed by atoms with van der Waals surface area (Å²) in [7, 11) is 0. The Kier molecular flexibility index (Phi) is 4.95. The zero-order chi connectivity index (χ0) is 19.8. The Morgan fingerprint density at radius 1 is 1.11 bits per heavy atom. The molecule has 2 heterocycles. The number of para-hydroxylation sites is 1. The maximum Gasteiger partial charge on any atom is 0.349 e. The average molecular weight is 458 g/mol. The molecule has 1 aliphatic heterocycles. The molecule has 142 valence electrons. The molecule has 0 saturated heterocycles. The topological polar surface area (TPSA) is 82.7 Å². The number of fused-ring (bicyclic) bond motifs is 1. The summed E-state index contributed by atoms with van der Waals surface area (Å²) in [5, 5.41) is 23.8. The van der Waals surface area contributed by atoms with Crippen LogP contribution in [-0.2, 0) is 0 Å². The molecule has 4 rings (SSSR count). The Morgan fingerprint density at radius 3 is 2.68 bits per heavy atom. The first-order valence-corrected chi connectivity index (χ1v) is 10.2. The predicted molar refractivity (Wildman–Crippen MR) is 114 cm³/mol. The van der Waals surface area contributed by atoms with Gasteiger partial charge in [-0.1, -0.05) is 28.1 Å². The highest BCUT2D eigenvalue weighted by Gasteiger charge is 2.25. The summed E-state index contributed by atoms with van der Waals surface area (Å²) in [6.07, 6.45) is 1.81. The lowest BCUT2D eigenvalue weighted by molar-refractivity contribution is 0.431. The van der Waals surface area contributed by atoms with Crippen LogP contribution in [0.3, 0.4) is 0 Å². The second-order valence-electron chi connectivity index (χ2n) is 6.35. The molecule has 1 atom stereocenters. The second kappa shape index (κ2) is 7.41. The molecule has 28 heavy (non-hydrogen) atoms. The lowest BCUT2D eigenvalue weighted by Gasteiger charge is -2.14. The molecule has 0 radical (unpaired) electrons. The van der Waals surface area contributed by atoms with E-state index in [4.69, 9.17) is 4.42 Å². The van der Waals surface area contributed by atoms with E-state index in [9.17, 15) is 15.0 Å². The Labute approximate surface area is 173 Å². The lowest BCUT2D eigenvalue weighted by atomic mass is 10.1. The van der Waals surface area contributed by atoms with Gasteiger partial charge in [0.2, 0.25) is 0 Å². The molecule has 0 saturated carbocycles. The van der Waals surface area contributed by atoms with Crippen LogP contribution in [0.2, 0.25) is 0 Å². The van der Waals surface area contributed by atoms with Gasteiger partial charge in [0.25, 0.3) is 0 Å². The Hall–Kier alpha value is -2.64. The highest BCUT2D eigenvalue weighted by molar-refractivity contribution is 9.10. The Bertz CT molecular complexity index is 1160. The fourth-order valence-corrected chi connectivity index (χ4v) is 4.65. The lowest BCUT2D eigenvalue weighted by Crippen LogP contribution is -2.12. The van der Waals surface area contributed by atoms with E-state index in [1.165, 1.54) is 17.8 Å². The summed E-state index contributed by atoms with van der Waals surface area (Å²) in [6, 6.07) is 14.3. The molecule has 0 amide bonds. The van der Waals surface area contributed by atoms with Gasteiger partial charge >= 0.3 is 5.63 Å². The number of nitrogens with one attached hydrogen (secondary N) is 1. The third-order valence-corrected chi connectivity index (χ3v) is 6.09. The van der Waals surface area contributed by atoms with Crippen molar-refractivity contribution >= 4 is 39.1 Å². The van der Waals surface area contributed by atoms with Gasteiger partial charge in [-0.2, -0.15) is 0 Å². The minimum absolute atomic E-state index is 0.0578. The molecule has 0 fully saturated rings. The van der Waals surface area contributed by atoms with Gasteiger partial charge in [0.15, 0.2) is 0 Å². The molecule has 7 heteroatoms. The van der Waals surface area contributed by atoms with Crippen molar-refractivity contribution < 1.29 is 14.6 Å². The van der Waals surface area contributed by atoms with Crippen molar-refractivity contribution in [2.24, 2.45) is 0 Å². The van der Waals surface area contributed by atoms with Gasteiger partial charge in [0, 0.05) is 21.0 Å². The van der Waals surface area contributed by atoms with Crippen LogP contribution in [0, 0.1) is 6.92 Å². The van der Waals surface area contributed by atoms with Crippen LogP contribution in [0.5, 0.6) is 11.5 Å². The van der Waals surface area contributed by atoms with Crippen LogP contribution in [0.4, 0.5) is 5.69 Å². The molecule has 0 bridgehead atoms. The number of benzene rings is 2. The van der Waals surface area contributed by atoms with Crippen LogP contribution in [-0.4, -0.2) is 10.2 Å². The molecule has 1 aliphatic rings. The average Bonchev–Trinajstić information content (AvgIpc) is 2.82. The van der Waals surface area contributed by atoms with Crippen LogP contribution in [0.15, 0.2) is 73.2 Å². The quantitative estimate of drug-likeness (QED) is 0.476. The summed E-state index contributed by atoms with van der Waals surface area (Å²) in [6.45, 7) is 1.60. The number of rotatable bonds is 2. The van der Waals surface area contributed by atoms with Gasteiger partial charge in [-0.25, -0.2) is 4.79 Å². The van der Waals surface area contributed by atoms with Crippen molar-refractivity contribution in [2.75, 3.05) is 5.32 Å². The van der Waals surface area contributed by atoms with Crippen LogP contribution in [0.25, 0.3) is 5.70 Å². The largest absolute Gasteiger partial charge is 0.508 e. The number of anilines is 1. The van der Waals surface area contributed by atoms with E-state index < -0.39 is 5.63 Å². The zero-order valence-electron chi connectivity index (χ0n) is 14.8. The van der Waals surface area contributed by atoms with Crippen LogP contribution < -0.4 is 10.9 Å². The van der Waals surface area contributed by atoms with E-state index >= 15 is 0 Å². The maximum atomic E-state index is 12.5. The van der Waals surface area contributed by atoms with Gasteiger partial charge in [-0.15, -0.1) is 11.8 Å². The maximum absolute atomic E-state index is 12.5. The van der Waals surface area contributed by atoms with Crippen molar-refractivity contribution in [1.29, 1.82) is 0 Å². The summed E-state index contributed by atoms with van der Waals surface area (Å²) in [5.74, 6) is 0.321. The van der Waals surface area contributed by atoms with Gasteiger partial charge in [-0.05, 0) is 43.3 Å². The molecule has 2 aromatic carbocycles. The number of phenolic OH excluding ortho intramolecular Hbond substituents is 1. The van der Waals surface area contributed by atoms with Crippen molar-refractivity contribution in [2.45, 2.75) is 17.1 Å². The summed E-state index contributed by atoms with van der Waals surface area (Å²) in [5.41, 5.74) is 1.34. The van der Waals surface area contributed by atoms with Gasteiger partial charge in [-0.3, -0.25) is 0 Å². The molecule has 1 aromatic heterocycles. The number of hydrogen-bond donors (Lipinski definition) is 3. The number of phenols is 1. The molecular formula is C21H16BrNO4S. The fraction of sp³-hybridized carbons (Fsp3) is 0.0952. The number of halogens is 1. The molecule has 0 unspecified atom stereocenters. The third kappa shape index (κ3) is 3.55. The number of aryl methyl sites for hydroxylation is 1. The second-order valence-corrected chi connectivity index (χ2v) is 8.45. The molecule has 3 N–H and O–H groups in total. The highest BCUT2D eigenvalue weighted by atomic mass is 79.9. The summed E-state index contributed by atoms with van der Waals surface area (Å²) < 4.78 is 6.03. The van der Waals surface area contributed by atoms with Gasteiger partial charge < -0.3 is 19.9 Å². The van der Waals surface area contributed by atoms with E-state index in [1.54, 1.807) is 19.1 Å². The highest BCUT2D eigenvalue weighted by Crippen LogP contribution is 2.47. The van der Waals surface area contributed by atoms with Crippen molar-refractivity contribution in [3.8, 4) is 11.5 Å². The number of aromatic hydroxyl groups is 2. The normalized spacial score (nSPS) is 15.9. The van der Waals surface area contributed by atoms with E-state index in [0.717, 1.165) is 15.1 Å². The smallest absolute Gasteiger partial charge is 0.349 e. The van der Waals surface area contributed by atoms with Crippen LogP contribution >= 0.6 is 27.7 Å². The van der Waals surface area contributed by atoms with Crippen LogP contribution in [0.1, 0.15) is 22.1 Å². The van der Waals surface area contributed by atoms with Gasteiger partial charge in [0.1, 0.15) is 22.8 Å². The zero-order valence-corrected chi connectivity index (χ0v) is 17.2.